The fourth-order valence-corrected chi connectivity index (χ4v) is 4.69. The molecule has 1 unspecified atom stereocenters. The number of benzene rings is 2. The standard InChI is InChI=1S/C24H20BrF2N3O7/c1-11(31)35-21-19(30-9-16(28-29-30)13-7-14(26)18(25)15(27)8-13)20-17(36-22(21)23(32)33)10-34-24(37-20)12-5-3-2-4-6-12/h2-9,17,19-22,24H,10H2,1H3,(H,32,33)/t17-,19+,20+,21-,22-,24?/m1/s1. The van der Waals surface area contributed by atoms with E-state index in [0.717, 1.165) is 19.1 Å². The minimum absolute atomic E-state index is 0.0119. The zero-order valence-corrected chi connectivity index (χ0v) is 20.7. The van der Waals surface area contributed by atoms with Gasteiger partial charge < -0.3 is 24.1 Å². The van der Waals surface area contributed by atoms with Gasteiger partial charge in [-0.05, 0) is 28.1 Å². The highest BCUT2D eigenvalue weighted by molar-refractivity contribution is 9.10. The Hall–Kier alpha value is -3.26. The van der Waals surface area contributed by atoms with E-state index in [2.05, 4.69) is 26.2 Å². The smallest absolute Gasteiger partial charge is 0.336 e. The average molecular weight is 580 g/mol. The molecule has 3 heterocycles. The van der Waals surface area contributed by atoms with E-state index in [1.54, 1.807) is 12.1 Å². The largest absolute Gasteiger partial charge is 0.479 e. The molecule has 0 saturated carbocycles. The van der Waals surface area contributed by atoms with Crippen molar-refractivity contribution in [3.05, 3.63) is 70.3 Å². The fraction of sp³-hybridized carbons (Fsp3) is 0.333. The summed E-state index contributed by atoms with van der Waals surface area (Å²) in [6.07, 6.45) is -4.10. The number of halogens is 3. The van der Waals surface area contributed by atoms with E-state index in [-0.39, 0.29) is 22.3 Å². The van der Waals surface area contributed by atoms with Crippen molar-refractivity contribution in [3.8, 4) is 11.3 Å². The number of hydrogen-bond donors (Lipinski definition) is 1. The number of aliphatic carboxylic acids is 1. The number of hydrogen-bond acceptors (Lipinski definition) is 8. The zero-order valence-electron chi connectivity index (χ0n) is 19.2. The predicted molar refractivity (Wildman–Crippen MR) is 124 cm³/mol. The minimum Gasteiger partial charge on any atom is -0.479 e. The second-order valence-electron chi connectivity index (χ2n) is 8.51. The molecule has 5 rings (SSSR count). The molecular formula is C24H20BrF2N3O7. The maximum Gasteiger partial charge on any atom is 0.336 e. The van der Waals surface area contributed by atoms with Crippen LogP contribution in [0, 0.1) is 11.6 Å². The maximum absolute atomic E-state index is 14.1. The third kappa shape index (κ3) is 4.99. The quantitative estimate of drug-likeness (QED) is 0.358. The topological polar surface area (TPSA) is 122 Å². The van der Waals surface area contributed by atoms with Gasteiger partial charge in [-0.2, -0.15) is 0 Å². The van der Waals surface area contributed by atoms with Gasteiger partial charge in [0.25, 0.3) is 0 Å². The molecule has 1 N–H and O–H groups in total. The Balaban J connectivity index is 1.56. The third-order valence-corrected chi connectivity index (χ3v) is 6.82. The minimum atomic E-state index is -1.56. The van der Waals surface area contributed by atoms with Crippen LogP contribution in [0.4, 0.5) is 8.78 Å². The Morgan fingerprint density at radius 2 is 1.86 bits per heavy atom. The highest BCUT2D eigenvalue weighted by Gasteiger charge is 2.55. The number of fused-ring (bicyclic) bond motifs is 1. The molecule has 0 amide bonds. The van der Waals surface area contributed by atoms with Crippen LogP contribution in [0.25, 0.3) is 11.3 Å². The second-order valence-corrected chi connectivity index (χ2v) is 9.31. The number of carbonyl (C=O) groups is 2. The van der Waals surface area contributed by atoms with Crippen molar-refractivity contribution in [2.45, 2.75) is 43.7 Å². The van der Waals surface area contributed by atoms with Crippen LogP contribution in [-0.2, 0) is 28.5 Å². The number of carbonyl (C=O) groups excluding carboxylic acids is 1. The summed E-state index contributed by atoms with van der Waals surface area (Å²) >= 11 is 2.83. The van der Waals surface area contributed by atoms with Gasteiger partial charge in [-0.1, -0.05) is 35.5 Å². The van der Waals surface area contributed by atoms with E-state index >= 15 is 0 Å². The number of nitrogens with zero attached hydrogens (tertiary/aromatic N) is 3. The lowest BCUT2D eigenvalue weighted by Gasteiger charge is -2.47. The summed E-state index contributed by atoms with van der Waals surface area (Å²) in [5, 5.41) is 18.0. The van der Waals surface area contributed by atoms with E-state index in [4.69, 9.17) is 18.9 Å². The molecule has 10 nitrogen and oxygen atoms in total. The van der Waals surface area contributed by atoms with Gasteiger partial charge in [0.2, 0.25) is 0 Å². The van der Waals surface area contributed by atoms with Gasteiger partial charge in [0.05, 0.1) is 17.3 Å². The molecule has 2 fully saturated rings. The molecule has 3 aromatic rings. The van der Waals surface area contributed by atoms with Crippen molar-refractivity contribution in [2.24, 2.45) is 0 Å². The molecule has 2 aliphatic heterocycles. The number of ether oxygens (including phenoxy) is 4. The van der Waals surface area contributed by atoms with E-state index in [9.17, 15) is 23.5 Å². The van der Waals surface area contributed by atoms with Crippen LogP contribution < -0.4 is 0 Å². The first-order chi connectivity index (χ1) is 17.7. The molecule has 2 aromatic carbocycles. The van der Waals surface area contributed by atoms with Crippen molar-refractivity contribution < 1.29 is 42.4 Å². The molecule has 0 radical (unpaired) electrons. The van der Waals surface area contributed by atoms with Crippen LogP contribution in [0.15, 0.2) is 53.1 Å². The summed E-state index contributed by atoms with van der Waals surface area (Å²) in [7, 11) is 0. The molecule has 0 spiro atoms. The van der Waals surface area contributed by atoms with E-state index in [1.807, 2.05) is 18.2 Å². The van der Waals surface area contributed by atoms with Crippen LogP contribution >= 0.6 is 15.9 Å². The Kier molecular flexibility index (Phi) is 7.03. The summed E-state index contributed by atoms with van der Waals surface area (Å²) in [6, 6.07) is 10.2. The highest BCUT2D eigenvalue weighted by atomic mass is 79.9. The molecule has 37 heavy (non-hydrogen) atoms. The number of rotatable bonds is 5. The van der Waals surface area contributed by atoms with E-state index in [0.29, 0.717) is 5.56 Å². The fourth-order valence-electron chi connectivity index (χ4n) is 4.46. The number of aromatic nitrogens is 3. The lowest BCUT2D eigenvalue weighted by Crippen LogP contribution is -2.62. The summed E-state index contributed by atoms with van der Waals surface area (Å²) in [5.74, 6) is -3.78. The SMILES string of the molecule is CC(=O)O[C@@H]1[C@@H](n2cc(-c3cc(F)c(Br)c(F)c3)nn2)[C@H]2OC(c3ccccc3)OC[C@H]2O[C@H]1C(=O)O. The Morgan fingerprint density at radius 1 is 1.16 bits per heavy atom. The van der Waals surface area contributed by atoms with Crippen LogP contribution in [0.1, 0.15) is 24.8 Å². The predicted octanol–water partition coefficient (Wildman–Crippen LogP) is 3.42. The molecule has 2 saturated heterocycles. The monoisotopic (exact) mass is 579 g/mol. The molecule has 1 aromatic heterocycles. The molecule has 13 heteroatoms. The molecule has 2 aliphatic rings. The normalized spacial score (nSPS) is 27.4. The maximum atomic E-state index is 14.1. The van der Waals surface area contributed by atoms with Crippen LogP contribution in [0.5, 0.6) is 0 Å². The number of carboxylic acids is 1. The van der Waals surface area contributed by atoms with Gasteiger partial charge in [0.1, 0.15) is 35.6 Å². The molecular weight excluding hydrogens is 560 g/mol. The van der Waals surface area contributed by atoms with Gasteiger partial charge in [-0.15, -0.1) is 5.10 Å². The highest BCUT2D eigenvalue weighted by Crippen LogP contribution is 2.41. The third-order valence-electron chi connectivity index (χ3n) is 6.06. The summed E-state index contributed by atoms with van der Waals surface area (Å²) in [6.45, 7) is 1.13. The summed E-state index contributed by atoms with van der Waals surface area (Å²) < 4.78 is 52.4. The van der Waals surface area contributed by atoms with Crippen molar-refractivity contribution in [1.29, 1.82) is 0 Å². The first-order valence-electron chi connectivity index (χ1n) is 11.2. The van der Waals surface area contributed by atoms with Gasteiger partial charge in [0, 0.05) is 18.1 Å². The first kappa shape index (κ1) is 25.4. The van der Waals surface area contributed by atoms with Crippen molar-refractivity contribution in [3.63, 3.8) is 0 Å². The molecule has 0 aliphatic carbocycles. The molecule has 0 bridgehead atoms. The van der Waals surface area contributed by atoms with Gasteiger partial charge in [-0.3, -0.25) is 4.79 Å². The average Bonchev–Trinajstić information content (AvgIpc) is 3.36. The number of carboxylic acid groups (broad SMARTS) is 1. The van der Waals surface area contributed by atoms with E-state index in [1.165, 1.54) is 10.9 Å². The van der Waals surface area contributed by atoms with Crippen LogP contribution in [0.2, 0.25) is 0 Å². The van der Waals surface area contributed by atoms with Gasteiger partial charge >= 0.3 is 11.9 Å². The first-order valence-corrected chi connectivity index (χ1v) is 12.0. The van der Waals surface area contributed by atoms with Crippen LogP contribution in [-0.4, -0.2) is 63.1 Å². The van der Waals surface area contributed by atoms with E-state index < -0.39 is 60.3 Å². The zero-order chi connectivity index (χ0) is 26.3. The van der Waals surface area contributed by atoms with Crippen LogP contribution in [0.3, 0.4) is 0 Å². The van der Waals surface area contributed by atoms with Gasteiger partial charge in [-0.25, -0.2) is 18.3 Å². The van der Waals surface area contributed by atoms with Crippen molar-refractivity contribution in [1.82, 2.24) is 15.0 Å². The van der Waals surface area contributed by atoms with Gasteiger partial charge in [0.15, 0.2) is 18.5 Å². The Bertz CT molecular complexity index is 1300. The lowest BCUT2D eigenvalue weighted by atomic mass is 9.91. The number of esters is 1. The Morgan fingerprint density at radius 3 is 2.51 bits per heavy atom. The molecule has 6 atom stereocenters. The van der Waals surface area contributed by atoms with Crippen molar-refractivity contribution in [2.75, 3.05) is 6.61 Å². The molecule has 194 valence electrons. The second kappa shape index (κ2) is 10.2. The lowest BCUT2D eigenvalue weighted by molar-refractivity contribution is -0.315. The summed E-state index contributed by atoms with van der Waals surface area (Å²) in [4.78, 5) is 24.1. The van der Waals surface area contributed by atoms with Crippen molar-refractivity contribution >= 4 is 27.9 Å². The summed E-state index contributed by atoms with van der Waals surface area (Å²) in [5.41, 5.74) is 0.916. The Labute approximate surface area is 217 Å².